The standard InChI is InChI=1S/C16H22ClN3O2/c1-3-9-16(21,10-4-2)15(20-12-18-11-19-20)22-14-7-5-13(17)6-8-14/h5-8,11-12,15,21H,3-4,9-10H2,1-2H3. The molecular formula is C16H22ClN3O2. The molecule has 1 atom stereocenters. The van der Waals surface area contributed by atoms with Gasteiger partial charge in [0.2, 0.25) is 6.23 Å². The van der Waals surface area contributed by atoms with E-state index in [2.05, 4.69) is 10.1 Å². The first-order valence-corrected chi connectivity index (χ1v) is 7.95. The first-order chi connectivity index (χ1) is 10.6. The van der Waals surface area contributed by atoms with Crippen molar-refractivity contribution in [2.75, 3.05) is 0 Å². The van der Waals surface area contributed by atoms with Crippen molar-refractivity contribution in [3.8, 4) is 5.75 Å². The second-order valence-corrected chi connectivity index (χ2v) is 5.84. The second-order valence-electron chi connectivity index (χ2n) is 5.40. The van der Waals surface area contributed by atoms with E-state index in [0.717, 1.165) is 12.8 Å². The average molecular weight is 324 g/mol. The Morgan fingerprint density at radius 2 is 1.86 bits per heavy atom. The number of halogens is 1. The van der Waals surface area contributed by atoms with E-state index in [1.807, 2.05) is 13.8 Å². The lowest BCUT2D eigenvalue weighted by molar-refractivity contribution is -0.115. The molecule has 5 nitrogen and oxygen atoms in total. The summed E-state index contributed by atoms with van der Waals surface area (Å²) in [4.78, 5) is 3.97. The Hall–Kier alpha value is -1.59. The third-order valence-corrected chi connectivity index (χ3v) is 3.82. The van der Waals surface area contributed by atoms with Gasteiger partial charge >= 0.3 is 0 Å². The quantitative estimate of drug-likeness (QED) is 0.801. The van der Waals surface area contributed by atoms with Crippen molar-refractivity contribution in [3.63, 3.8) is 0 Å². The first-order valence-electron chi connectivity index (χ1n) is 7.57. The molecule has 2 rings (SSSR count). The number of nitrogens with zero attached hydrogens (tertiary/aromatic N) is 3. The molecule has 120 valence electrons. The maximum Gasteiger partial charge on any atom is 0.221 e. The number of benzene rings is 1. The van der Waals surface area contributed by atoms with Crippen LogP contribution in [-0.2, 0) is 0 Å². The summed E-state index contributed by atoms with van der Waals surface area (Å²) in [5.74, 6) is 0.635. The van der Waals surface area contributed by atoms with Crippen LogP contribution in [0.4, 0.5) is 0 Å². The number of hydrogen-bond acceptors (Lipinski definition) is 4. The molecular weight excluding hydrogens is 302 g/mol. The van der Waals surface area contributed by atoms with Crippen molar-refractivity contribution < 1.29 is 9.84 Å². The Bertz CT molecular complexity index is 551. The van der Waals surface area contributed by atoms with Gasteiger partial charge in [0.15, 0.2) is 0 Å². The van der Waals surface area contributed by atoms with Crippen LogP contribution < -0.4 is 4.74 Å². The van der Waals surface area contributed by atoms with E-state index < -0.39 is 11.8 Å². The minimum atomic E-state index is -1.00. The third kappa shape index (κ3) is 3.99. The summed E-state index contributed by atoms with van der Waals surface area (Å²) in [6, 6.07) is 7.08. The molecule has 1 aromatic carbocycles. The van der Waals surface area contributed by atoms with E-state index in [1.54, 1.807) is 35.3 Å². The summed E-state index contributed by atoms with van der Waals surface area (Å²) in [6.07, 6.45) is 5.33. The highest BCUT2D eigenvalue weighted by molar-refractivity contribution is 6.30. The molecule has 0 radical (unpaired) electrons. The van der Waals surface area contributed by atoms with E-state index in [4.69, 9.17) is 16.3 Å². The van der Waals surface area contributed by atoms with Gasteiger partial charge in [0, 0.05) is 5.02 Å². The molecule has 1 unspecified atom stereocenters. The van der Waals surface area contributed by atoms with Crippen molar-refractivity contribution in [1.29, 1.82) is 0 Å². The normalized spacial score (nSPS) is 13.1. The van der Waals surface area contributed by atoms with Crippen LogP contribution >= 0.6 is 11.6 Å². The minimum Gasteiger partial charge on any atom is -0.466 e. The third-order valence-electron chi connectivity index (χ3n) is 3.56. The summed E-state index contributed by atoms with van der Waals surface area (Å²) >= 11 is 5.90. The highest BCUT2D eigenvalue weighted by atomic mass is 35.5. The van der Waals surface area contributed by atoms with Crippen LogP contribution in [0.5, 0.6) is 5.75 Å². The maximum atomic E-state index is 11.1. The summed E-state index contributed by atoms with van der Waals surface area (Å²) in [7, 11) is 0. The molecule has 0 spiro atoms. The molecule has 0 amide bonds. The van der Waals surface area contributed by atoms with Gasteiger partial charge in [-0.2, -0.15) is 5.10 Å². The molecule has 0 saturated heterocycles. The predicted octanol–water partition coefficient (Wildman–Crippen LogP) is 3.84. The van der Waals surface area contributed by atoms with E-state index in [-0.39, 0.29) is 0 Å². The molecule has 0 saturated carbocycles. The van der Waals surface area contributed by atoms with Gasteiger partial charge < -0.3 is 9.84 Å². The van der Waals surface area contributed by atoms with Crippen molar-refractivity contribution in [2.24, 2.45) is 0 Å². The molecule has 0 aliphatic rings. The van der Waals surface area contributed by atoms with Crippen LogP contribution in [0.15, 0.2) is 36.9 Å². The lowest BCUT2D eigenvalue weighted by Gasteiger charge is -2.35. The number of hydrogen-bond donors (Lipinski definition) is 1. The highest BCUT2D eigenvalue weighted by Crippen LogP contribution is 2.34. The van der Waals surface area contributed by atoms with Gasteiger partial charge in [-0.1, -0.05) is 38.3 Å². The summed E-state index contributed by atoms with van der Waals surface area (Å²) in [5, 5.41) is 15.9. The Morgan fingerprint density at radius 3 is 2.36 bits per heavy atom. The predicted molar refractivity (Wildman–Crippen MR) is 85.9 cm³/mol. The monoisotopic (exact) mass is 323 g/mol. The smallest absolute Gasteiger partial charge is 0.221 e. The van der Waals surface area contributed by atoms with Crippen LogP contribution in [0.2, 0.25) is 5.02 Å². The van der Waals surface area contributed by atoms with Gasteiger partial charge in [0.1, 0.15) is 24.0 Å². The van der Waals surface area contributed by atoms with Crippen LogP contribution in [0.1, 0.15) is 45.8 Å². The van der Waals surface area contributed by atoms with Gasteiger partial charge in [-0.05, 0) is 37.1 Å². The fourth-order valence-corrected chi connectivity index (χ4v) is 2.75. The molecule has 22 heavy (non-hydrogen) atoms. The largest absolute Gasteiger partial charge is 0.466 e. The van der Waals surface area contributed by atoms with Crippen LogP contribution in [-0.4, -0.2) is 25.5 Å². The first kappa shape index (κ1) is 16.8. The van der Waals surface area contributed by atoms with Gasteiger partial charge in [0.05, 0.1) is 0 Å². The maximum absolute atomic E-state index is 11.1. The van der Waals surface area contributed by atoms with Gasteiger partial charge in [-0.15, -0.1) is 0 Å². The van der Waals surface area contributed by atoms with Crippen LogP contribution in [0.25, 0.3) is 0 Å². The fraction of sp³-hybridized carbons (Fsp3) is 0.500. The van der Waals surface area contributed by atoms with Gasteiger partial charge in [-0.25, -0.2) is 9.67 Å². The molecule has 1 aromatic heterocycles. The Kier molecular flexibility index (Phi) is 5.80. The van der Waals surface area contributed by atoms with E-state index in [1.165, 1.54) is 6.33 Å². The van der Waals surface area contributed by atoms with Crippen molar-refractivity contribution in [1.82, 2.24) is 14.8 Å². The molecule has 2 aromatic rings. The summed E-state index contributed by atoms with van der Waals surface area (Å²) < 4.78 is 7.61. The van der Waals surface area contributed by atoms with Crippen molar-refractivity contribution in [3.05, 3.63) is 41.9 Å². The van der Waals surface area contributed by atoms with Crippen molar-refractivity contribution in [2.45, 2.75) is 51.4 Å². The molecule has 1 N–H and O–H groups in total. The zero-order valence-corrected chi connectivity index (χ0v) is 13.7. The van der Waals surface area contributed by atoms with Gasteiger partial charge in [0.25, 0.3) is 0 Å². The number of ether oxygens (including phenoxy) is 1. The summed E-state index contributed by atoms with van der Waals surface area (Å²) in [5.41, 5.74) is -1.00. The molecule has 0 aliphatic carbocycles. The second kappa shape index (κ2) is 7.61. The fourth-order valence-electron chi connectivity index (χ4n) is 2.63. The minimum absolute atomic E-state index is 0.624. The topological polar surface area (TPSA) is 60.2 Å². The molecule has 0 aliphatic heterocycles. The molecule has 6 heteroatoms. The highest BCUT2D eigenvalue weighted by Gasteiger charge is 2.39. The van der Waals surface area contributed by atoms with Crippen LogP contribution in [0.3, 0.4) is 0 Å². The van der Waals surface area contributed by atoms with E-state index in [9.17, 15) is 5.11 Å². The molecule has 1 heterocycles. The Morgan fingerprint density at radius 1 is 1.23 bits per heavy atom. The van der Waals surface area contributed by atoms with E-state index in [0.29, 0.717) is 23.6 Å². The summed E-state index contributed by atoms with van der Waals surface area (Å²) in [6.45, 7) is 4.09. The van der Waals surface area contributed by atoms with E-state index >= 15 is 0 Å². The van der Waals surface area contributed by atoms with Crippen molar-refractivity contribution >= 4 is 11.6 Å². The molecule has 0 bridgehead atoms. The SMILES string of the molecule is CCCC(O)(CCC)C(Oc1ccc(Cl)cc1)n1cncn1. The molecule has 0 fully saturated rings. The number of aromatic nitrogens is 3. The lowest BCUT2D eigenvalue weighted by atomic mass is 9.90. The zero-order valence-electron chi connectivity index (χ0n) is 12.9. The number of rotatable bonds is 8. The lowest BCUT2D eigenvalue weighted by Crippen LogP contribution is -2.43. The average Bonchev–Trinajstić information content (AvgIpc) is 3.01. The Labute approximate surface area is 135 Å². The zero-order chi connectivity index (χ0) is 16.0. The van der Waals surface area contributed by atoms with Crippen LogP contribution in [0, 0.1) is 0 Å². The van der Waals surface area contributed by atoms with Gasteiger partial charge in [-0.3, -0.25) is 0 Å². The number of aliphatic hydroxyl groups is 1. The Balaban J connectivity index is 2.31.